The van der Waals surface area contributed by atoms with Crippen LogP contribution in [0, 0.1) is 0 Å². The van der Waals surface area contributed by atoms with Crippen molar-refractivity contribution in [2.45, 2.75) is 25.6 Å². The van der Waals surface area contributed by atoms with Crippen LogP contribution in [0.1, 0.15) is 13.3 Å². The average molecular weight is 218 g/mol. The Balaban J connectivity index is 4.12. The minimum atomic E-state index is -4.45. The maximum Gasteiger partial charge on any atom is 0.397 e. The highest BCUT2D eigenvalue weighted by Gasteiger charge is 2.33. The number of hydrogen-bond acceptors (Lipinski definition) is 1. The molecule has 0 aromatic heterocycles. The first kappa shape index (κ1) is 12.6. The average Bonchev–Trinajstić information content (AvgIpc) is 1.98. The van der Waals surface area contributed by atoms with E-state index in [1.54, 1.807) is 6.92 Å². The molecule has 0 aliphatic heterocycles. The van der Waals surface area contributed by atoms with Gasteiger partial charge in [0.25, 0.3) is 0 Å². The summed E-state index contributed by atoms with van der Waals surface area (Å²) >= 11 is 5.39. The first-order valence-corrected chi connectivity index (χ1v) is 4.19. The van der Waals surface area contributed by atoms with E-state index in [0.717, 1.165) is 4.90 Å². The zero-order valence-corrected chi connectivity index (χ0v) is 8.11. The molecule has 6 heteroatoms. The van der Waals surface area contributed by atoms with E-state index in [2.05, 4.69) is 0 Å². The molecular formula is C7H11ClF3NO. The van der Waals surface area contributed by atoms with Gasteiger partial charge in [0.05, 0.1) is 0 Å². The lowest BCUT2D eigenvalue weighted by Crippen LogP contribution is -2.38. The van der Waals surface area contributed by atoms with Crippen molar-refractivity contribution in [1.82, 2.24) is 4.90 Å². The van der Waals surface area contributed by atoms with Crippen molar-refractivity contribution in [2.75, 3.05) is 12.9 Å². The summed E-state index contributed by atoms with van der Waals surface area (Å²) in [5.74, 6) is -0.833. The zero-order chi connectivity index (χ0) is 10.6. The molecule has 0 radical (unpaired) electrons. The van der Waals surface area contributed by atoms with Gasteiger partial charge in [0.2, 0.25) is 5.91 Å². The predicted octanol–water partition coefficient (Wildman–Crippen LogP) is 2.02. The molecule has 0 aliphatic rings. The van der Waals surface area contributed by atoms with Crippen LogP contribution in [0.15, 0.2) is 0 Å². The van der Waals surface area contributed by atoms with Crippen LogP contribution in [0.5, 0.6) is 0 Å². The van der Waals surface area contributed by atoms with Crippen LogP contribution < -0.4 is 0 Å². The minimum absolute atomic E-state index is 0.125. The first-order chi connectivity index (χ1) is 5.78. The molecule has 0 N–H and O–H groups in total. The molecule has 0 aromatic rings. The number of carbonyl (C=O) groups is 1. The molecule has 2 nitrogen and oxygen atoms in total. The Morgan fingerprint density at radius 1 is 1.54 bits per heavy atom. The fraction of sp³-hybridized carbons (Fsp3) is 0.857. The number of hydrogen-bond donors (Lipinski definition) is 0. The molecule has 78 valence electrons. The number of amides is 1. The van der Waals surface area contributed by atoms with Gasteiger partial charge in [-0.05, 0) is 6.92 Å². The molecule has 0 bridgehead atoms. The van der Waals surface area contributed by atoms with Gasteiger partial charge in [0.15, 0.2) is 0 Å². The summed E-state index contributed by atoms with van der Waals surface area (Å²) in [6.07, 6.45) is -5.87. The van der Waals surface area contributed by atoms with Crippen molar-refractivity contribution in [1.29, 1.82) is 0 Å². The number of alkyl halides is 4. The molecule has 0 saturated heterocycles. The third-order valence-corrected chi connectivity index (χ3v) is 2.08. The highest BCUT2D eigenvalue weighted by molar-refractivity contribution is 6.18. The van der Waals surface area contributed by atoms with E-state index >= 15 is 0 Å². The molecule has 0 spiro atoms. The van der Waals surface area contributed by atoms with Crippen molar-refractivity contribution in [3.05, 3.63) is 0 Å². The molecule has 0 fully saturated rings. The van der Waals surface area contributed by atoms with Gasteiger partial charge in [0, 0.05) is 19.0 Å². The first-order valence-electron chi connectivity index (χ1n) is 3.66. The van der Waals surface area contributed by atoms with E-state index in [4.69, 9.17) is 11.6 Å². The van der Waals surface area contributed by atoms with Crippen LogP contribution >= 0.6 is 11.6 Å². The Kier molecular flexibility index (Phi) is 4.53. The maximum absolute atomic E-state index is 11.8. The number of halogens is 4. The standard InChI is InChI=1S/C7H11ClF3NO/c1-5(4-8)12(2)6(13)3-7(9,10)11/h5H,3-4H2,1-2H3. The molecular weight excluding hydrogens is 207 g/mol. The summed E-state index contributed by atoms with van der Waals surface area (Å²) in [4.78, 5) is 11.9. The zero-order valence-electron chi connectivity index (χ0n) is 7.36. The Bertz CT molecular complexity index is 183. The smallest absolute Gasteiger partial charge is 0.342 e. The van der Waals surface area contributed by atoms with Gasteiger partial charge < -0.3 is 4.90 Å². The van der Waals surface area contributed by atoms with E-state index < -0.39 is 18.5 Å². The van der Waals surface area contributed by atoms with E-state index in [9.17, 15) is 18.0 Å². The van der Waals surface area contributed by atoms with Gasteiger partial charge in [-0.15, -0.1) is 11.6 Å². The lowest BCUT2D eigenvalue weighted by atomic mass is 10.3. The predicted molar refractivity (Wildman–Crippen MR) is 43.6 cm³/mol. The van der Waals surface area contributed by atoms with Gasteiger partial charge in [0.1, 0.15) is 6.42 Å². The van der Waals surface area contributed by atoms with Crippen molar-refractivity contribution in [3.63, 3.8) is 0 Å². The van der Waals surface area contributed by atoms with Gasteiger partial charge in [-0.2, -0.15) is 13.2 Å². The monoisotopic (exact) mass is 217 g/mol. The summed E-state index contributed by atoms with van der Waals surface area (Å²) in [6, 6.07) is -0.378. The molecule has 1 atom stereocenters. The third-order valence-electron chi connectivity index (χ3n) is 1.63. The fourth-order valence-electron chi connectivity index (χ4n) is 0.645. The summed E-state index contributed by atoms with van der Waals surface area (Å²) < 4.78 is 35.3. The molecule has 0 aromatic carbocycles. The Hall–Kier alpha value is -0.450. The topological polar surface area (TPSA) is 20.3 Å². The maximum atomic E-state index is 11.8. The van der Waals surface area contributed by atoms with Gasteiger partial charge in [-0.1, -0.05) is 0 Å². The number of carbonyl (C=O) groups excluding carboxylic acids is 1. The second kappa shape index (κ2) is 4.69. The molecule has 1 amide bonds. The van der Waals surface area contributed by atoms with Crippen molar-refractivity contribution >= 4 is 17.5 Å². The number of rotatable bonds is 3. The quantitative estimate of drug-likeness (QED) is 0.663. The molecule has 0 rings (SSSR count). The second-order valence-electron chi connectivity index (χ2n) is 2.80. The van der Waals surface area contributed by atoms with Crippen LogP contribution in [0.2, 0.25) is 0 Å². The van der Waals surface area contributed by atoms with E-state index in [-0.39, 0.29) is 11.9 Å². The summed E-state index contributed by atoms with van der Waals surface area (Å²) in [5, 5.41) is 0. The molecule has 0 heterocycles. The summed E-state index contributed by atoms with van der Waals surface area (Å²) in [6.45, 7) is 1.58. The lowest BCUT2D eigenvalue weighted by molar-refractivity contribution is -0.161. The number of nitrogens with zero attached hydrogens (tertiary/aromatic N) is 1. The van der Waals surface area contributed by atoms with Crippen molar-refractivity contribution in [3.8, 4) is 0 Å². The molecule has 0 aliphatic carbocycles. The Morgan fingerprint density at radius 3 is 2.31 bits per heavy atom. The summed E-state index contributed by atoms with van der Waals surface area (Å²) in [7, 11) is 1.31. The minimum Gasteiger partial charge on any atom is -0.342 e. The molecule has 0 saturated carbocycles. The second-order valence-corrected chi connectivity index (χ2v) is 3.11. The largest absolute Gasteiger partial charge is 0.397 e. The normalized spacial score (nSPS) is 14.0. The molecule has 13 heavy (non-hydrogen) atoms. The van der Waals surface area contributed by atoms with Crippen molar-refractivity contribution < 1.29 is 18.0 Å². The highest BCUT2D eigenvalue weighted by Crippen LogP contribution is 2.20. The Labute approximate surface area is 79.7 Å². The van der Waals surface area contributed by atoms with Crippen LogP contribution in [0.4, 0.5) is 13.2 Å². The van der Waals surface area contributed by atoms with E-state index in [1.807, 2.05) is 0 Å². The van der Waals surface area contributed by atoms with Crippen LogP contribution in [0.3, 0.4) is 0 Å². The van der Waals surface area contributed by atoms with Gasteiger partial charge in [-0.25, -0.2) is 0 Å². The SMILES string of the molecule is CC(CCl)N(C)C(=O)CC(F)(F)F. The highest BCUT2D eigenvalue weighted by atomic mass is 35.5. The van der Waals surface area contributed by atoms with Gasteiger partial charge in [-0.3, -0.25) is 4.79 Å². The van der Waals surface area contributed by atoms with Crippen molar-refractivity contribution in [2.24, 2.45) is 0 Å². The Morgan fingerprint density at radius 2 is 2.00 bits per heavy atom. The fourth-order valence-corrected chi connectivity index (χ4v) is 0.853. The molecule has 1 unspecified atom stereocenters. The van der Waals surface area contributed by atoms with Crippen LogP contribution in [-0.4, -0.2) is 36.0 Å². The van der Waals surface area contributed by atoms with E-state index in [1.165, 1.54) is 7.05 Å². The third kappa shape index (κ3) is 4.98. The van der Waals surface area contributed by atoms with Crippen LogP contribution in [-0.2, 0) is 4.79 Å². The van der Waals surface area contributed by atoms with Gasteiger partial charge >= 0.3 is 6.18 Å². The summed E-state index contributed by atoms with van der Waals surface area (Å²) in [5.41, 5.74) is 0. The lowest BCUT2D eigenvalue weighted by Gasteiger charge is -2.23. The van der Waals surface area contributed by atoms with E-state index in [0.29, 0.717) is 0 Å². The van der Waals surface area contributed by atoms with Crippen LogP contribution in [0.25, 0.3) is 0 Å².